The van der Waals surface area contributed by atoms with Gasteiger partial charge in [-0.25, -0.2) is 0 Å². The van der Waals surface area contributed by atoms with Crippen molar-refractivity contribution in [2.24, 2.45) is 4.99 Å². The van der Waals surface area contributed by atoms with Crippen molar-refractivity contribution in [3.05, 3.63) is 51.4 Å². The van der Waals surface area contributed by atoms with Crippen LogP contribution >= 0.6 is 22.9 Å². The van der Waals surface area contributed by atoms with E-state index < -0.39 is 0 Å². The quantitative estimate of drug-likeness (QED) is 0.829. The highest BCUT2D eigenvalue weighted by molar-refractivity contribution is 7.16. The van der Waals surface area contributed by atoms with Gasteiger partial charge in [0.15, 0.2) is 0 Å². The molecule has 3 rings (SSSR count). The Balaban J connectivity index is 2.22. The van der Waals surface area contributed by atoms with E-state index >= 15 is 0 Å². The maximum absolute atomic E-state index is 12.1. The lowest BCUT2D eigenvalue weighted by atomic mass is 10.0. The van der Waals surface area contributed by atoms with Crippen LogP contribution in [0.25, 0.3) is 0 Å². The van der Waals surface area contributed by atoms with E-state index in [1.807, 2.05) is 31.3 Å². The first-order valence-corrected chi connectivity index (χ1v) is 8.00. The molecule has 0 aliphatic carbocycles. The molecule has 1 aromatic heterocycles. The zero-order chi connectivity index (χ0) is 15.0. The third kappa shape index (κ3) is 2.49. The Hall–Kier alpha value is -1.65. The number of carbonyl (C=O) groups is 1. The number of hydrogen-bond donors (Lipinski definition) is 0. The molecule has 1 aliphatic rings. The molecule has 0 fully saturated rings. The maximum Gasteiger partial charge on any atom is 0.249 e. The van der Waals surface area contributed by atoms with Crippen LogP contribution in [-0.4, -0.2) is 25.2 Å². The number of fused-ring (bicyclic) bond motifs is 1. The van der Waals surface area contributed by atoms with Crippen LogP contribution in [0.5, 0.6) is 0 Å². The zero-order valence-electron chi connectivity index (χ0n) is 11.9. The van der Waals surface area contributed by atoms with Crippen LogP contribution in [-0.2, 0) is 11.2 Å². The van der Waals surface area contributed by atoms with Crippen LogP contribution in [0.15, 0.2) is 35.3 Å². The van der Waals surface area contributed by atoms with Crippen LogP contribution in [0, 0.1) is 0 Å². The molecule has 3 nitrogen and oxygen atoms in total. The van der Waals surface area contributed by atoms with Crippen molar-refractivity contribution in [1.29, 1.82) is 0 Å². The summed E-state index contributed by atoms with van der Waals surface area (Å²) in [5, 5.41) is 1.61. The van der Waals surface area contributed by atoms with Crippen molar-refractivity contribution in [3.63, 3.8) is 0 Å². The first kappa shape index (κ1) is 14.3. The van der Waals surface area contributed by atoms with E-state index in [4.69, 9.17) is 11.6 Å². The second-order valence-corrected chi connectivity index (χ2v) is 6.40. The highest BCUT2D eigenvalue weighted by Gasteiger charge is 2.25. The van der Waals surface area contributed by atoms with Crippen LogP contribution in [0.1, 0.15) is 22.9 Å². The average Bonchev–Trinajstić information content (AvgIpc) is 2.88. The normalized spacial score (nSPS) is 14.7. The summed E-state index contributed by atoms with van der Waals surface area (Å²) in [6.45, 7) is 2.26. The van der Waals surface area contributed by atoms with Gasteiger partial charge in [-0.2, -0.15) is 0 Å². The summed E-state index contributed by atoms with van der Waals surface area (Å²) in [6.07, 6.45) is 0.940. The molecule has 0 atom stereocenters. The Morgan fingerprint density at radius 2 is 2.10 bits per heavy atom. The Kier molecular flexibility index (Phi) is 3.83. The molecule has 5 heteroatoms. The predicted octanol–water partition coefficient (Wildman–Crippen LogP) is 3.78. The van der Waals surface area contributed by atoms with E-state index in [9.17, 15) is 4.79 Å². The van der Waals surface area contributed by atoms with Gasteiger partial charge in [0.1, 0.15) is 11.5 Å². The van der Waals surface area contributed by atoms with E-state index in [2.05, 4.69) is 18.0 Å². The lowest BCUT2D eigenvalue weighted by molar-refractivity contribution is -0.116. The van der Waals surface area contributed by atoms with Crippen LogP contribution in [0.3, 0.4) is 0 Å². The number of benzene rings is 1. The molecule has 0 radical (unpaired) electrons. The van der Waals surface area contributed by atoms with E-state index in [1.54, 1.807) is 16.2 Å². The summed E-state index contributed by atoms with van der Waals surface area (Å²) >= 11 is 7.96. The minimum atomic E-state index is 0.00260. The van der Waals surface area contributed by atoms with Gasteiger partial charge < -0.3 is 4.90 Å². The van der Waals surface area contributed by atoms with Crippen LogP contribution in [0.2, 0.25) is 5.02 Å². The largest absolute Gasteiger partial charge is 0.305 e. The molecule has 1 aromatic carbocycles. The predicted molar refractivity (Wildman–Crippen MR) is 89.1 cm³/mol. The molecule has 0 N–H and O–H groups in total. The molecule has 108 valence electrons. The SMILES string of the molecule is CCc1cc2c(s1)N(C)C(=O)CN=C2c1ccccc1Cl. The molecule has 0 unspecified atom stereocenters. The number of halogens is 1. The molecule has 0 spiro atoms. The smallest absolute Gasteiger partial charge is 0.249 e. The summed E-state index contributed by atoms with van der Waals surface area (Å²) in [5.41, 5.74) is 2.69. The van der Waals surface area contributed by atoms with Crippen molar-refractivity contribution in [2.75, 3.05) is 18.5 Å². The summed E-state index contributed by atoms with van der Waals surface area (Å²) in [4.78, 5) is 19.6. The van der Waals surface area contributed by atoms with Gasteiger partial charge in [0, 0.05) is 28.1 Å². The zero-order valence-corrected chi connectivity index (χ0v) is 13.5. The van der Waals surface area contributed by atoms with Crippen LogP contribution < -0.4 is 4.90 Å². The summed E-state index contributed by atoms with van der Waals surface area (Å²) in [6, 6.07) is 9.75. The minimum absolute atomic E-state index is 0.00260. The molecule has 1 amide bonds. The van der Waals surface area contributed by atoms with Crippen molar-refractivity contribution in [1.82, 2.24) is 0 Å². The number of thiophene rings is 1. The molecule has 2 aromatic rings. The molecule has 1 aliphatic heterocycles. The fourth-order valence-corrected chi connectivity index (χ4v) is 3.66. The maximum atomic E-state index is 12.1. The fourth-order valence-electron chi connectivity index (χ4n) is 2.36. The first-order chi connectivity index (χ1) is 10.1. The number of likely N-dealkylation sites (N-methyl/N-ethyl adjacent to an activating group) is 1. The number of anilines is 1. The molecular formula is C16H15ClN2OS. The highest BCUT2D eigenvalue weighted by Crippen LogP contribution is 2.36. The lowest BCUT2D eigenvalue weighted by Crippen LogP contribution is -2.26. The van der Waals surface area contributed by atoms with Gasteiger partial charge in [0.25, 0.3) is 0 Å². The van der Waals surface area contributed by atoms with Gasteiger partial charge in [0.05, 0.1) is 5.71 Å². The molecule has 0 saturated carbocycles. The number of amides is 1. The van der Waals surface area contributed by atoms with Crippen molar-refractivity contribution in [2.45, 2.75) is 13.3 Å². The van der Waals surface area contributed by atoms with E-state index in [-0.39, 0.29) is 12.5 Å². The number of aryl methyl sites for hydroxylation is 1. The summed E-state index contributed by atoms with van der Waals surface area (Å²) in [7, 11) is 1.81. The third-order valence-electron chi connectivity index (χ3n) is 3.55. The molecule has 0 bridgehead atoms. The van der Waals surface area contributed by atoms with Gasteiger partial charge in [-0.3, -0.25) is 9.79 Å². The number of nitrogens with zero attached hydrogens (tertiary/aromatic N) is 2. The monoisotopic (exact) mass is 318 g/mol. The van der Waals surface area contributed by atoms with E-state index in [0.29, 0.717) is 5.02 Å². The Labute approximate surface area is 132 Å². The van der Waals surface area contributed by atoms with Crippen LogP contribution in [0.4, 0.5) is 5.00 Å². The minimum Gasteiger partial charge on any atom is -0.305 e. The third-order valence-corrected chi connectivity index (χ3v) is 5.23. The first-order valence-electron chi connectivity index (χ1n) is 6.80. The highest BCUT2D eigenvalue weighted by atomic mass is 35.5. The molecule has 2 heterocycles. The van der Waals surface area contributed by atoms with Gasteiger partial charge in [-0.1, -0.05) is 36.7 Å². The molecule has 21 heavy (non-hydrogen) atoms. The van der Waals surface area contributed by atoms with E-state index in [0.717, 1.165) is 28.3 Å². The lowest BCUT2D eigenvalue weighted by Gasteiger charge is -2.13. The standard InChI is InChI=1S/C16H15ClN2OS/c1-3-10-8-12-15(11-6-4-5-7-13(11)17)18-9-14(20)19(2)16(12)21-10/h4-8H,3,9H2,1-2H3. The average molecular weight is 319 g/mol. The van der Waals surface area contributed by atoms with Gasteiger partial charge in [0.2, 0.25) is 5.91 Å². The summed E-state index contributed by atoms with van der Waals surface area (Å²) in [5.74, 6) is 0.00260. The Morgan fingerprint density at radius 1 is 1.33 bits per heavy atom. The number of hydrogen-bond acceptors (Lipinski definition) is 3. The Morgan fingerprint density at radius 3 is 2.81 bits per heavy atom. The van der Waals surface area contributed by atoms with Gasteiger partial charge in [-0.15, -0.1) is 11.3 Å². The van der Waals surface area contributed by atoms with E-state index in [1.165, 1.54) is 4.88 Å². The topological polar surface area (TPSA) is 32.7 Å². The second kappa shape index (κ2) is 5.62. The van der Waals surface area contributed by atoms with Gasteiger partial charge >= 0.3 is 0 Å². The van der Waals surface area contributed by atoms with Gasteiger partial charge in [-0.05, 0) is 18.6 Å². The Bertz CT molecular complexity index is 736. The number of aliphatic imine (C=N–C) groups is 1. The molecule has 0 saturated heterocycles. The second-order valence-electron chi connectivity index (χ2n) is 4.88. The number of carbonyl (C=O) groups excluding carboxylic acids is 1. The van der Waals surface area contributed by atoms with Crippen molar-refractivity contribution in [3.8, 4) is 0 Å². The van der Waals surface area contributed by atoms with Crippen molar-refractivity contribution < 1.29 is 4.79 Å². The van der Waals surface area contributed by atoms with Crippen molar-refractivity contribution >= 4 is 39.6 Å². The summed E-state index contributed by atoms with van der Waals surface area (Å²) < 4.78 is 0. The fraction of sp³-hybridized carbons (Fsp3) is 0.250. The number of rotatable bonds is 2. The molecular weight excluding hydrogens is 304 g/mol.